The van der Waals surface area contributed by atoms with E-state index in [1.54, 1.807) is 0 Å². The molecular weight excluding hydrogens is 436 g/mol. The normalized spacial score (nSPS) is 10.8. The van der Waals surface area contributed by atoms with E-state index in [9.17, 15) is 0 Å². The van der Waals surface area contributed by atoms with E-state index in [2.05, 4.69) is 132 Å². The van der Waals surface area contributed by atoms with Gasteiger partial charge >= 0.3 is 0 Å². The molecule has 2 heteroatoms. The lowest BCUT2D eigenvalue weighted by atomic mass is 9.95. The molecule has 0 amide bonds. The Kier molecular flexibility index (Phi) is 5.91. The maximum absolute atomic E-state index is 3.62. The van der Waals surface area contributed by atoms with Gasteiger partial charge in [-0.25, -0.2) is 0 Å². The van der Waals surface area contributed by atoms with Crippen molar-refractivity contribution in [2.24, 2.45) is 0 Å². The molecular formula is C34H26N2. The average molecular weight is 463 g/mol. The Labute approximate surface area is 211 Å². The van der Waals surface area contributed by atoms with Crippen LogP contribution in [-0.4, -0.2) is 0 Å². The molecule has 0 aromatic heterocycles. The Morgan fingerprint density at radius 3 is 1.61 bits per heavy atom. The highest BCUT2D eigenvalue weighted by atomic mass is 14.9. The van der Waals surface area contributed by atoms with Gasteiger partial charge in [-0.15, -0.1) is 0 Å². The van der Waals surface area contributed by atoms with Gasteiger partial charge in [-0.2, -0.15) is 0 Å². The van der Waals surface area contributed by atoms with Crippen LogP contribution in [0.5, 0.6) is 0 Å². The first-order chi connectivity index (χ1) is 17.8. The first kappa shape index (κ1) is 21.7. The summed E-state index contributed by atoms with van der Waals surface area (Å²) in [6.07, 6.45) is 0. The van der Waals surface area contributed by atoms with E-state index in [0.717, 1.165) is 22.7 Å². The van der Waals surface area contributed by atoms with Crippen LogP contribution in [0.25, 0.3) is 33.0 Å². The molecule has 6 rings (SSSR count). The van der Waals surface area contributed by atoms with Crippen LogP contribution in [0, 0.1) is 0 Å². The second-order valence-corrected chi connectivity index (χ2v) is 8.88. The Hall–Kier alpha value is -4.82. The molecule has 0 bridgehead atoms. The Morgan fingerprint density at radius 2 is 0.889 bits per heavy atom. The van der Waals surface area contributed by atoms with Crippen molar-refractivity contribution in [2.75, 3.05) is 10.6 Å². The number of hydrogen-bond donors (Lipinski definition) is 2. The molecule has 0 fully saturated rings. The highest BCUT2D eigenvalue weighted by Gasteiger charge is 2.10. The second-order valence-electron chi connectivity index (χ2n) is 8.88. The maximum atomic E-state index is 3.62. The van der Waals surface area contributed by atoms with Crippen LogP contribution < -0.4 is 10.6 Å². The number of para-hydroxylation sites is 2. The molecule has 2 N–H and O–H groups in total. The Morgan fingerprint density at radius 1 is 0.333 bits per heavy atom. The van der Waals surface area contributed by atoms with Gasteiger partial charge in [-0.05, 0) is 82.1 Å². The predicted molar refractivity (Wildman–Crippen MR) is 154 cm³/mol. The third kappa shape index (κ3) is 4.70. The number of fused-ring (bicyclic) bond motifs is 1. The molecule has 0 aliphatic heterocycles. The van der Waals surface area contributed by atoms with E-state index in [0.29, 0.717) is 0 Å². The molecule has 6 aromatic rings. The lowest BCUT2D eigenvalue weighted by Crippen LogP contribution is -1.94. The van der Waals surface area contributed by atoms with Crippen LogP contribution in [0.1, 0.15) is 0 Å². The van der Waals surface area contributed by atoms with Crippen molar-refractivity contribution in [3.63, 3.8) is 0 Å². The predicted octanol–water partition coefficient (Wildman–Crippen LogP) is 9.66. The number of rotatable bonds is 6. The van der Waals surface area contributed by atoms with Gasteiger partial charge in [0.2, 0.25) is 0 Å². The van der Waals surface area contributed by atoms with Crippen LogP contribution in [0.2, 0.25) is 0 Å². The van der Waals surface area contributed by atoms with Crippen molar-refractivity contribution in [3.05, 3.63) is 146 Å². The third-order valence-electron chi connectivity index (χ3n) is 6.41. The van der Waals surface area contributed by atoms with E-state index < -0.39 is 0 Å². The number of hydrogen-bond acceptors (Lipinski definition) is 2. The molecule has 0 aliphatic rings. The number of anilines is 4. The first-order valence-electron chi connectivity index (χ1n) is 12.2. The topological polar surface area (TPSA) is 24.1 Å². The van der Waals surface area contributed by atoms with Crippen molar-refractivity contribution >= 4 is 33.5 Å². The van der Waals surface area contributed by atoms with Gasteiger partial charge in [-0.1, -0.05) is 91.0 Å². The molecule has 0 radical (unpaired) electrons. The monoisotopic (exact) mass is 462 g/mol. The summed E-state index contributed by atoms with van der Waals surface area (Å²) in [4.78, 5) is 0. The summed E-state index contributed by atoms with van der Waals surface area (Å²) in [6.45, 7) is 0. The summed E-state index contributed by atoms with van der Waals surface area (Å²) in [5.41, 5.74) is 9.04. The second kappa shape index (κ2) is 9.81. The zero-order chi connectivity index (χ0) is 24.2. The minimum absolute atomic E-state index is 1.07. The van der Waals surface area contributed by atoms with E-state index in [-0.39, 0.29) is 0 Å². The van der Waals surface area contributed by atoms with Crippen molar-refractivity contribution in [2.45, 2.75) is 0 Å². The van der Waals surface area contributed by atoms with Crippen molar-refractivity contribution in [1.82, 2.24) is 0 Å². The van der Waals surface area contributed by atoms with Crippen LogP contribution in [0.15, 0.2) is 146 Å². The van der Waals surface area contributed by atoms with Crippen molar-refractivity contribution in [1.29, 1.82) is 0 Å². The zero-order valence-electron chi connectivity index (χ0n) is 19.9. The quantitative estimate of drug-likeness (QED) is 0.257. The Balaban J connectivity index is 1.38. The van der Waals surface area contributed by atoms with Gasteiger partial charge in [0, 0.05) is 28.3 Å². The highest BCUT2D eigenvalue weighted by molar-refractivity contribution is 5.92. The van der Waals surface area contributed by atoms with Gasteiger partial charge in [0.1, 0.15) is 0 Å². The number of benzene rings is 6. The molecule has 0 aliphatic carbocycles. The van der Waals surface area contributed by atoms with Gasteiger partial charge in [0.15, 0.2) is 0 Å². The van der Waals surface area contributed by atoms with Crippen molar-refractivity contribution in [3.8, 4) is 22.3 Å². The summed E-state index contributed by atoms with van der Waals surface area (Å²) in [6, 6.07) is 51.0. The molecule has 2 nitrogen and oxygen atoms in total. The lowest BCUT2D eigenvalue weighted by molar-refractivity contribution is 1.52. The summed E-state index contributed by atoms with van der Waals surface area (Å²) in [5.74, 6) is 0. The lowest BCUT2D eigenvalue weighted by Gasteiger charge is -2.16. The van der Waals surface area contributed by atoms with Crippen LogP contribution in [0.3, 0.4) is 0 Å². The van der Waals surface area contributed by atoms with Gasteiger partial charge in [0.25, 0.3) is 0 Å². The highest BCUT2D eigenvalue weighted by Crippen LogP contribution is 2.36. The molecule has 0 saturated heterocycles. The fraction of sp³-hybridized carbons (Fsp3) is 0. The molecule has 0 atom stereocenters. The van der Waals surface area contributed by atoms with E-state index >= 15 is 0 Å². The van der Waals surface area contributed by atoms with Crippen molar-refractivity contribution < 1.29 is 0 Å². The van der Waals surface area contributed by atoms with Crippen LogP contribution in [0.4, 0.5) is 22.7 Å². The summed E-state index contributed by atoms with van der Waals surface area (Å²) in [7, 11) is 0. The van der Waals surface area contributed by atoms with Gasteiger partial charge in [-0.3, -0.25) is 0 Å². The minimum Gasteiger partial charge on any atom is -0.356 e. The SMILES string of the molecule is c1ccc(Nc2ccc(-c3ccc(Nc4ccccc4)c(-c4ccc5ccccc5c4)c3)cc2)cc1. The molecule has 0 saturated carbocycles. The molecule has 36 heavy (non-hydrogen) atoms. The molecule has 0 spiro atoms. The fourth-order valence-corrected chi connectivity index (χ4v) is 4.54. The van der Waals surface area contributed by atoms with Gasteiger partial charge < -0.3 is 10.6 Å². The molecule has 0 unspecified atom stereocenters. The summed E-state index contributed by atoms with van der Waals surface area (Å²) < 4.78 is 0. The number of nitrogens with one attached hydrogen (secondary N) is 2. The molecule has 6 aromatic carbocycles. The molecule has 172 valence electrons. The summed E-state index contributed by atoms with van der Waals surface area (Å²) >= 11 is 0. The van der Waals surface area contributed by atoms with E-state index in [1.807, 2.05) is 24.3 Å². The standard InChI is InChI=1S/C34H26N2/c1-3-11-30(12-4-1)35-32-20-17-26(18-21-32)28-19-22-34(36-31-13-5-2-6-14-31)33(24-28)29-16-15-25-9-7-8-10-27(25)23-29/h1-24,35-36H. The largest absolute Gasteiger partial charge is 0.356 e. The maximum Gasteiger partial charge on any atom is 0.0464 e. The smallest absolute Gasteiger partial charge is 0.0464 e. The Bertz CT molecular complexity index is 1610. The first-order valence-corrected chi connectivity index (χ1v) is 12.2. The molecule has 0 heterocycles. The summed E-state index contributed by atoms with van der Waals surface area (Å²) in [5, 5.41) is 9.57. The minimum atomic E-state index is 1.07. The average Bonchev–Trinajstić information content (AvgIpc) is 2.95. The fourth-order valence-electron chi connectivity index (χ4n) is 4.54. The van der Waals surface area contributed by atoms with E-state index in [4.69, 9.17) is 0 Å². The zero-order valence-corrected chi connectivity index (χ0v) is 19.9. The van der Waals surface area contributed by atoms with E-state index in [1.165, 1.54) is 33.0 Å². The van der Waals surface area contributed by atoms with Crippen LogP contribution >= 0.6 is 0 Å². The van der Waals surface area contributed by atoms with Crippen LogP contribution in [-0.2, 0) is 0 Å². The third-order valence-corrected chi connectivity index (χ3v) is 6.41. The van der Waals surface area contributed by atoms with Gasteiger partial charge in [0.05, 0.1) is 0 Å².